The predicted octanol–water partition coefficient (Wildman–Crippen LogP) is 3.29. The van der Waals surface area contributed by atoms with E-state index >= 15 is 0 Å². The summed E-state index contributed by atoms with van der Waals surface area (Å²) in [5, 5.41) is 6.60. The van der Waals surface area contributed by atoms with Gasteiger partial charge in [-0.15, -0.1) is 0 Å². The number of nitrogens with one attached hydrogen (secondary N) is 2. The first-order chi connectivity index (χ1) is 10.7. The second-order valence-corrected chi connectivity index (χ2v) is 5.16. The van der Waals surface area contributed by atoms with E-state index < -0.39 is 0 Å². The molecule has 3 nitrogen and oxygen atoms in total. The third-order valence-electron chi connectivity index (χ3n) is 3.47. The van der Waals surface area contributed by atoms with E-state index in [1.807, 2.05) is 24.3 Å². The van der Waals surface area contributed by atoms with Crippen molar-refractivity contribution in [3.05, 3.63) is 71.5 Å². The van der Waals surface area contributed by atoms with E-state index in [1.54, 1.807) is 19.2 Å². The van der Waals surface area contributed by atoms with Gasteiger partial charge < -0.3 is 10.6 Å². The molecule has 0 aromatic heterocycles. The number of hydrogen-bond donors (Lipinski definition) is 2. The van der Waals surface area contributed by atoms with Crippen LogP contribution in [0.15, 0.2) is 59.6 Å². The van der Waals surface area contributed by atoms with E-state index in [0.29, 0.717) is 6.54 Å². The maximum atomic E-state index is 13.1. The van der Waals surface area contributed by atoms with Gasteiger partial charge in [0.05, 0.1) is 6.04 Å². The lowest BCUT2D eigenvalue weighted by Crippen LogP contribution is -2.39. The fourth-order valence-corrected chi connectivity index (χ4v) is 2.24. The van der Waals surface area contributed by atoms with Crippen LogP contribution in [0.5, 0.6) is 0 Å². The van der Waals surface area contributed by atoms with Gasteiger partial charge in [-0.2, -0.15) is 0 Å². The number of halogens is 1. The van der Waals surface area contributed by atoms with E-state index in [1.165, 1.54) is 11.6 Å². The second kappa shape index (κ2) is 8.17. The maximum absolute atomic E-state index is 13.1. The van der Waals surface area contributed by atoms with Crippen molar-refractivity contribution in [1.82, 2.24) is 10.6 Å². The van der Waals surface area contributed by atoms with Crippen LogP contribution in [0.1, 0.15) is 24.1 Å². The average Bonchev–Trinajstić information content (AvgIpc) is 2.54. The summed E-state index contributed by atoms with van der Waals surface area (Å²) in [6, 6.07) is 17.0. The molecule has 0 aliphatic rings. The molecule has 22 heavy (non-hydrogen) atoms. The maximum Gasteiger partial charge on any atom is 0.191 e. The normalized spacial score (nSPS) is 12.8. The molecule has 0 bridgehead atoms. The molecule has 0 spiro atoms. The van der Waals surface area contributed by atoms with Crippen molar-refractivity contribution < 1.29 is 4.39 Å². The molecule has 0 heterocycles. The highest BCUT2D eigenvalue weighted by Crippen LogP contribution is 2.10. The lowest BCUT2D eigenvalue weighted by atomic mass is 10.1. The minimum absolute atomic E-state index is 0.168. The van der Waals surface area contributed by atoms with Crippen LogP contribution in [-0.2, 0) is 6.42 Å². The Morgan fingerprint density at radius 3 is 2.59 bits per heavy atom. The van der Waals surface area contributed by atoms with Crippen LogP contribution in [0.3, 0.4) is 0 Å². The Bertz CT molecular complexity index is 611. The van der Waals surface area contributed by atoms with Crippen LogP contribution in [-0.4, -0.2) is 19.6 Å². The molecule has 2 aromatic carbocycles. The first-order valence-corrected chi connectivity index (χ1v) is 7.45. The van der Waals surface area contributed by atoms with Crippen LogP contribution in [0.4, 0.5) is 4.39 Å². The van der Waals surface area contributed by atoms with Gasteiger partial charge in [-0.05, 0) is 36.6 Å². The van der Waals surface area contributed by atoms with Gasteiger partial charge in [0.25, 0.3) is 0 Å². The van der Waals surface area contributed by atoms with Crippen molar-refractivity contribution in [3.8, 4) is 0 Å². The number of guanidine groups is 1. The molecular weight excluding hydrogens is 277 g/mol. The third-order valence-corrected chi connectivity index (χ3v) is 3.47. The first-order valence-electron chi connectivity index (χ1n) is 7.45. The minimum Gasteiger partial charge on any atom is -0.356 e. The molecule has 0 amide bonds. The monoisotopic (exact) mass is 299 g/mol. The molecule has 0 saturated carbocycles. The lowest BCUT2D eigenvalue weighted by molar-refractivity contribution is 0.624. The summed E-state index contributed by atoms with van der Waals surface area (Å²) in [6.07, 6.45) is 0.748. The van der Waals surface area contributed by atoms with E-state index in [2.05, 4.69) is 34.7 Å². The van der Waals surface area contributed by atoms with E-state index in [-0.39, 0.29) is 11.9 Å². The Hall–Kier alpha value is -2.36. The highest BCUT2D eigenvalue weighted by atomic mass is 19.1. The Kier molecular flexibility index (Phi) is 5.95. The fraction of sp³-hybridized carbons (Fsp3) is 0.278. The largest absolute Gasteiger partial charge is 0.356 e. The van der Waals surface area contributed by atoms with Gasteiger partial charge in [0.2, 0.25) is 0 Å². The molecule has 1 unspecified atom stereocenters. The van der Waals surface area contributed by atoms with Crippen molar-refractivity contribution in [1.29, 1.82) is 0 Å². The van der Waals surface area contributed by atoms with Gasteiger partial charge in [-0.3, -0.25) is 4.99 Å². The van der Waals surface area contributed by atoms with Gasteiger partial charge in [0.1, 0.15) is 5.82 Å². The standard InChI is InChI=1S/C18H22FN3/c1-14(16-8-4-3-5-9-16)22-18(20-2)21-12-11-15-7-6-10-17(19)13-15/h3-10,13-14H,11-12H2,1-2H3,(H2,20,21,22). The molecular formula is C18H22FN3. The van der Waals surface area contributed by atoms with Gasteiger partial charge in [0, 0.05) is 13.6 Å². The van der Waals surface area contributed by atoms with Crippen LogP contribution >= 0.6 is 0 Å². The van der Waals surface area contributed by atoms with E-state index in [4.69, 9.17) is 0 Å². The molecule has 0 fully saturated rings. The number of rotatable bonds is 5. The third kappa shape index (κ3) is 4.88. The zero-order valence-electron chi connectivity index (χ0n) is 13.0. The van der Waals surface area contributed by atoms with Crippen LogP contribution in [0, 0.1) is 5.82 Å². The minimum atomic E-state index is -0.197. The number of aliphatic imine (C=N–C) groups is 1. The van der Waals surface area contributed by atoms with Crippen molar-refractivity contribution in [2.24, 2.45) is 4.99 Å². The van der Waals surface area contributed by atoms with Crippen molar-refractivity contribution in [2.45, 2.75) is 19.4 Å². The molecule has 2 rings (SSSR count). The highest BCUT2D eigenvalue weighted by Gasteiger charge is 2.06. The molecule has 0 saturated heterocycles. The van der Waals surface area contributed by atoms with Crippen LogP contribution < -0.4 is 10.6 Å². The molecule has 4 heteroatoms. The molecule has 0 aliphatic heterocycles. The summed E-state index contributed by atoms with van der Waals surface area (Å²) in [5.74, 6) is 0.547. The van der Waals surface area contributed by atoms with Crippen molar-refractivity contribution >= 4 is 5.96 Å². The SMILES string of the molecule is CN=C(NCCc1cccc(F)c1)NC(C)c1ccccc1. The van der Waals surface area contributed by atoms with Gasteiger partial charge in [-0.25, -0.2) is 4.39 Å². The van der Waals surface area contributed by atoms with Crippen molar-refractivity contribution in [2.75, 3.05) is 13.6 Å². The zero-order valence-corrected chi connectivity index (χ0v) is 13.0. The van der Waals surface area contributed by atoms with Gasteiger partial charge in [0.15, 0.2) is 5.96 Å². The molecule has 0 aliphatic carbocycles. The predicted molar refractivity (Wildman–Crippen MR) is 89.5 cm³/mol. The summed E-state index contributed by atoms with van der Waals surface area (Å²) in [7, 11) is 1.75. The highest BCUT2D eigenvalue weighted by molar-refractivity contribution is 5.80. The number of hydrogen-bond acceptors (Lipinski definition) is 1. The number of nitrogens with zero attached hydrogens (tertiary/aromatic N) is 1. The summed E-state index contributed by atoms with van der Waals surface area (Å²) in [5.41, 5.74) is 2.18. The quantitative estimate of drug-likeness (QED) is 0.656. The van der Waals surface area contributed by atoms with Gasteiger partial charge >= 0.3 is 0 Å². The molecule has 1 atom stereocenters. The van der Waals surface area contributed by atoms with Crippen molar-refractivity contribution in [3.63, 3.8) is 0 Å². The second-order valence-electron chi connectivity index (χ2n) is 5.16. The first kappa shape index (κ1) is 16.0. The molecule has 116 valence electrons. The Labute approximate surface area is 131 Å². The molecule has 2 aromatic rings. The molecule has 0 radical (unpaired) electrons. The average molecular weight is 299 g/mol. The van der Waals surface area contributed by atoms with Crippen LogP contribution in [0.2, 0.25) is 0 Å². The van der Waals surface area contributed by atoms with E-state index in [9.17, 15) is 4.39 Å². The van der Waals surface area contributed by atoms with Crippen LogP contribution in [0.25, 0.3) is 0 Å². The van der Waals surface area contributed by atoms with E-state index in [0.717, 1.165) is 17.9 Å². The lowest BCUT2D eigenvalue weighted by Gasteiger charge is -2.18. The fourth-order valence-electron chi connectivity index (χ4n) is 2.24. The number of benzene rings is 2. The zero-order chi connectivity index (χ0) is 15.8. The van der Waals surface area contributed by atoms with Gasteiger partial charge in [-0.1, -0.05) is 42.5 Å². The summed E-state index contributed by atoms with van der Waals surface area (Å²) >= 11 is 0. The Balaban J connectivity index is 1.83. The summed E-state index contributed by atoms with van der Waals surface area (Å²) < 4.78 is 13.1. The summed E-state index contributed by atoms with van der Waals surface area (Å²) in [4.78, 5) is 4.22. The Morgan fingerprint density at radius 1 is 1.14 bits per heavy atom. The smallest absolute Gasteiger partial charge is 0.191 e. The topological polar surface area (TPSA) is 36.4 Å². The summed E-state index contributed by atoms with van der Waals surface area (Å²) in [6.45, 7) is 2.79. The molecule has 2 N–H and O–H groups in total. The Morgan fingerprint density at radius 2 is 1.91 bits per heavy atom.